The fourth-order valence-corrected chi connectivity index (χ4v) is 1.29. The third-order valence-corrected chi connectivity index (χ3v) is 1.99. The number of nitrogens with zero attached hydrogens (tertiary/aromatic N) is 1. The van der Waals surface area contributed by atoms with E-state index in [0.29, 0.717) is 0 Å². The number of halogens is 6. The second kappa shape index (κ2) is 5.15. The van der Waals surface area contributed by atoms with Crippen LogP contribution in [0, 0.1) is 0 Å². The van der Waals surface area contributed by atoms with Crippen LogP contribution in [-0.4, -0.2) is 22.4 Å². The van der Waals surface area contributed by atoms with Crippen molar-refractivity contribution in [1.82, 2.24) is 4.98 Å². The van der Waals surface area contributed by atoms with Gasteiger partial charge in [0.05, 0.1) is 11.3 Å². The van der Waals surface area contributed by atoms with Gasteiger partial charge in [-0.2, -0.15) is 13.2 Å². The van der Waals surface area contributed by atoms with Crippen LogP contribution in [-0.2, 0) is 12.7 Å². The Balaban J connectivity index is 3.51. The maximum atomic E-state index is 12.6. The minimum atomic E-state index is -5.36. The second-order valence-corrected chi connectivity index (χ2v) is 3.38. The van der Waals surface area contributed by atoms with Crippen LogP contribution in [0.25, 0.3) is 0 Å². The van der Waals surface area contributed by atoms with E-state index in [2.05, 4.69) is 9.72 Å². The van der Waals surface area contributed by atoms with E-state index in [4.69, 9.17) is 10.8 Å². The summed E-state index contributed by atoms with van der Waals surface area (Å²) in [7, 11) is 0. The first-order valence-corrected chi connectivity index (χ1v) is 4.76. The smallest absolute Gasteiger partial charge is 0.476 e. The molecule has 0 fully saturated rings. The van der Waals surface area contributed by atoms with Crippen LogP contribution in [0.15, 0.2) is 6.07 Å². The van der Waals surface area contributed by atoms with Gasteiger partial charge < -0.3 is 15.6 Å². The zero-order chi connectivity index (χ0) is 15.7. The maximum absolute atomic E-state index is 12.6. The minimum Gasteiger partial charge on any atom is -0.476 e. The Bertz CT molecular complexity index is 526. The highest BCUT2D eigenvalue weighted by Gasteiger charge is 2.39. The van der Waals surface area contributed by atoms with Gasteiger partial charge in [-0.25, -0.2) is 9.78 Å². The average Bonchev–Trinajstić information content (AvgIpc) is 2.24. The first kappa shape index (κ1) is 16.0. The van der Waals surface area contributed by atoms with Crippen molar-refractivity contribution in [1.29, 1.82) is 0 Å². The third-order valence-electron chi connectivity index (χ3n) is 1.99. The number of carbonyl (C=O) groups is 1. The SMILES string of the molecule is NCc1nc(C(=O)O)c(OC(F)(F)F)cc1C(F)(F)F. The normalized spacial score (nSPS) is 12.3. The van der Waals surface area contributed by atoms with Gasteiger partial charge in [0.2, 0.25) is 0 Å². The first-order valence-electron chi connectivity index (χ1n) is 4.76. The van der Waals surface area contributed by atoms with Crippen LogP contribution < -0.4 is 10.5 Å². The summed E-state index contributed by atoms with van der Waals surface area (Å²) in [5, 5.41) is 8.64. The molecule has 3 N–H and O–H groups in total. The molecule has 0 aromatic carbocycles. The van der Waals surface area contributed by atoms with E-state index < -0.39 is 47.8 Å². The molecule has 0 aliphatic heterocycles. The number of pyridine rings is 1. The molecule has 1 rings (SSSR count). The summed E-state index contributed by atoms with van der Waals surface area (Å²) in [5.74, 6) is -3.54. The zero-order valence-electron chi connectivity index (χ0n) is 9.34. The molecule has 0 saturated heterocycles. The number of alkyl halides is 6. The van der Waals surface area contributed by atoms with E-state index in [1.807, 2.05) is 0 Å². The van der Waals surface area contributed by atoms with Crippen molar-refractivity contribution in [2.45, 2.75) is 19.1 Å². The highest BCUT2D eigenvalue weighted by atomic mass is 19.4. The summed E-state index contributed by atoms with van der Waals surface area (Å²) in [4.78, 5) is 13.7. The Kier molecular flexibility index (Phi) is 4.12. The number of aromatic nitrogens is 1. The summed E-state index contributed by atoms with van der Waals surface area (Å²) in [5.41, 5.74) is 1.17. The largest absolute Gasteiger partial charge is 0.573 e. The molecule has 0 amide bonds. The number of hydrogen-bond donors (Lipinski definition) is 2. The lowest BCUT2D eigenvalue weighted by Crippen LogP contribution is -2.22. The van der Waals surface area contributed by atoms with Crippen LogP contribution in [0.1, 0.15) is 21.7 Å². The van der Waals surface area contributed by atoms with Crippen molar-refractivity contribution in [2.24, 2.45) is 5.73 Å². The first-order chi connectivity index (χ1) is 8.95. The Morgan fingerprint density at radius 3 is 2.20 bits per heavy atom. The van der Waals surface area contributed by atoms with Gasteiger partial charge in [-0.1, -0.05) is 0 Å². The molecule has 1 aromatic rings. The molecule has 0 radical (unpaired) electrons. The van der Waals surface area contributed by atoms with E-state index in [-0.39, 0.29) is 6.07 Å². The molecule has 5 nitrogen and oxygen atoms in total. The monoisotopic (exact) mass is 304 g/mol. The van der Waals surface area contributed by atoms with E-state index in [0.717, 1.165) is 0 Å². The number of rotatable bonds is 3. The quantitative estimate of drug-likeness (QED) is 0.836. The summed E-state index contributed by atoms with van der Waals surface area (Å²) in [6.07, 6.45) is -10.4. The maximum Gasteiger partial charge on any atom is 0.573 e. The van der Waals surface area contributed by atoms with Gasteiger partial charge in [0.1, 0.15) is 0 Å². The second-order valence-electron chi connectivity index (χ2n) is 3.38. The molecule has 0 aliphatic rings. The fraction of sp³-hybridized carbons (Fsp3) is 0.333. The lowest BCUT2D eigenvalue weighted by molar-refractivity contribution is -0.275. The standard InChI is InChI=1S/C9H6F6N2O3/c10-8(11,12)3-1-5(20-9(13,14)15)6(7(18)19)17-4(3)2-16/h1H,2,16H2,(H,18,19). The molecule has 0 saturated carbocycles. The predicted octanol–water partition coefficient (Wildman–Crippen LogP) is 2.16. The van der Waals surface area contributed by atoms with Crippen molar-refractivity contribution < 1.29 is 41.0 Å². The Labute approximate surface area is 107 Å². The van der Waals surface area contributed by atoms with Crippen molar-refractivity contribution in [3.8, 4) is 5.75 Å². The van der Waals surface area contributed by atoms with Crippen LogP contribution in [0.4, 0.5) is 26.3 Å². The van der Waals surface area contributed by atoms with Gasteiger partial charge in [-0.3, -0.25) is 0 Å². The predicted molar refractivity (Wildman–Crippen MR) is 50.8 cm³/mol. The number of ether oxygens (including phenoxy) is 1. The van der Waals surface area contributed by atoms with Crippen molar-refractivity contribution in [3.63, 3.8) is 0 Å². The lowest BCUT2D eigenvalue weighted by Gasteiger charge is -2.16. The lowest BCUT2D eigenvalue weighted by atomic mass is 10.1. The van der Waals surface area contributed by atoms with Crippen LogP contribution in [0.2, 0.25) is 0 Å². The Morgan fingerprint density at radius 1 is 1.30 bits per heavy atom. The average molecular weight is 304 g/mol. The van der Waals surface area contributed by atoms with Gasteiger partial charge in [-0.05, 0) is 6.07 Å². The van der Waals surface area contributed by atoms with Gasteiger partial charge in [0.25, 0.3) is 0 Å². The van der Waals surface area contributed by atoms with Gasteiger partial charge in [-0.15, -0.1) is 13.2 Å². The topological polar surface area (TPSA) is 85.4 Å². The summed E-state index contributed by atoms with van der Waals surface area (Å²) < 4.78 is 77.2. The molecule has 0 spiro atoms. The summed E-state index contributed by atoms with van der Waals surface area (Å²) >= 11 is 0. The van der Waals surface area contributed by atoms with E-state index in [1.54, 1.807) is 0 Å². The third kappa shape index (κ3) is 3.73. The molecule has 112 valence electrons. The van der Waals surface area contributed by atoms with Gasteiger partial charge >= 0.3 is 18.5 Å². The van der Waals surface area contributed by atoms with Gasteiger partial charge in [0, 0.05) is 6.54 Å². The number of carboxylic acids is 1. The van der Waals surface area contributed by atoms with E-state index in [1.165, 1.54) is 0 Å². The van der Waals surface area contributed by atoms with Crippen molar-refractivity contribution >= 4 is 5.97 Å². The summed E-state index contributed by atoms with van der Waals surface area (Å²) in [6.45, 7) is -0.804. The van der Waals surface area contributed by atoms with Crippen LogP contribution >= 0.6 is 0 Å². The molecule has 0 aliphatic carbocycles. The van der Waals surface area contributed by atoms with Crippen LogP contribution in [0.3, 0.4) is 0 Å². The number of aromatic carboxylic acids is 1. The summed E-state index contributed by atoms with van der Waals surface area (Å²) in [6, 6.07) is -0.0911. The molecule has 0 unspecified atom stereocenters. The molecule has 1 aromatic heterocycles. The Morgan fingerprint density at radius 2 is 1.85 bits per heavy atom. The highest BCUT2D eigenvalue weighted by Crippen LogP contribution is 2.36. The van der Waals surface area contributed by atoms with E-state index in [9.17, 15) is 31.1 Å². The Hall–Kier alpha value is -2.04. The number of nitrogens with two attached hydrogens (primary N) is 1. The molecule has 11 heteroatoms. The molecule has 1 heterocycles. The number of hydrogen-bond acceptors (Lipinski definition) is 4. The molecule has 20 heavy (non-hydrogen) atoms. The van der Waals surface area contributed by atoms with Crippen LogP contribution in [0.5, 0.6) is 5.75 Å². The van der Waals surface area contributed by atoms with Crippen molar-refractivity contribution in [3.05, 3.63) is 23.0 Å². The highest BCUT2D eigenvalue weighted by molar-refractivity contribution is 5.88. The molecule has 0 atom stereocenters. The molecular formula is C9H6F6N2O3. The molecular weight excluding hydrogens is 298 g/mol. The number of carboxylic acid groups (broad SMARTS) is 1. The zero-order valence-corrected chi connectivity index (χ0v) is 9.34. The van der Waals surface area contributed by atoms with Crippen molar-refractivity contribution in [2.75, 3.05) is 0 Å². The van der Waals surface area contributed by atoms with Gasteiger partial charge in [0.15, 0.2) is 11.4 Å². The minimum absolute atomic E-state index is 0.0911. The van der Waals surface area contributed by atoms with E-state index >= 15 is 0 Å². The fourth-order valence-electron chi connectivity index (χ4n) is 1.29. The molecule has 0 bridgehead atoms.